The van der Waals surface area contributed by atoms with E-state index in [0.29, 0.717) is 19.5 Å². The molecule has 0 spiro atoms. The summed E-state index contributed by atoms with van der Waals surface area (Å²) >= 11 is 0. The van der Waals surface area contributed by atoms with Crippen molar-refractivity contribution < 1.29 is 18.3 Å². The molecule has 1 aliphatic heterocycles. The van der Waals surface area contributed by atoms with Crippen molar-refractivity contribution in [3.63, 3.8) is 0 Å². The molecule has 1 saturated heterocycles. The zero-order valence-corrected chi connectivity index (χ0v) is 11.9. The van der Waals surface area contributed by atoms with Gasteiger partial charge in [-0.05, 0) is 19.3 Å². The Morgan fingerprint density at radius 2 is 1.82 bits per heavy atom. The molecule has 0 aromatic rings. The van der Waals surface area contributed by atoms with Crippen molar-refractivity contribution in [1.29, 1.82) is 0 Å². The first-order chi connectivity index (χ1) is 7.43. The number of aliphatic hydroxyl groups is 1. The van der Waals surface area contributed by atoms with E-state index in [4.69, 9.17) is 0 Å². The fourth-order valence-corrected chi connectivity index (χ4v) is 3.35. The largest absolute Gasteiger partial charge is 0.389 e. The maximum Gasteiger partial charge on any atom is 0.389 e. The maximum atomic E-state index is 12.3. The van der Waals surface area contributed by atoms with Crippen LogP contribution in [0.15, 0.2) is 0 Å². The highest BCUT2D eigenvalue weighted by molar-refractivity contribution is 6.78. The highest BCUT2D eigenvalue weighted by Gasteiger charge is 2.46. The minimum atomic E-state index is -4.09. The Balaban J connectivity index is 2.62. The van der Waals surface area contributed by atoms with Crippen molar-refractivity contribution in [3.05, 3.63) is 0 Å². The van der Waals surface area contributed by atoms with Gasteiger partial charge < -0.3 is 5.11 Å². The van der Waals surface area contributed by atoms with Crippen molar-refractivity contribution in [2.45, 2.75) is 50.9 Å². The van der Waals surface area contributed by atoms with Crippen LogP contribution in [0, 0.1) is 5.92 Å². The van der Waals surface area contributed by atoms with Gasteiger partial charge in [0.05, 0.1) is 0 Å². The minimum absolute atomic E-state index is 0.358. The van der Waals surface area contributed by atoms with Crippen molar-refractivity contribution in [1.82, 2.24) is 4.90 Å². The van der Waals surface area contributed by atoms with Crippen LogP contribution in [-0.4, -0.2) is 42.7 Å². The van der Waals surface area contributed by atoms with E-state index in [-0.39, 0.29) is 5.92 Å². The van der Waals surface area contributed by atoms with Crippen LogP contribution in [0.4, 0.5) is 13.2 Å². The summed E-state index contributed by atoms with van der Waals surface area (Å²) in [6.45, 7) is 8.77. The van der Waals surface area contributed by atoms with Gasteiger partial charge in [0.15, 0.2) is 0 Å². The number of hydrogen-bond donors (Lipinski definition) is 1. The van der Waals surface area contributed by atoms with Gasteiger partial charge in [-0.3, -0.25) is 4.90 Å². The van der Waals surface area contributed by atoms with Crippen molar-refractivity contribution in [3.8, 4) is 0 Å². The molecule has 1 aliphatic rings. The van der Waals surface area contributed by atoms with Gasteiger partial charge in [-0.1, -0.05) is 19.6 Å². The van der Waals surface area contributed by atoms with Crippen LogP contribution >= 0.6 is 0 Å². The van der Waals surface area contributed by atoms with E-state index in [9.17, 15) is 18.3 Å². The lowest BCUT2D eigenvalue weighted by molar-refractivity contribution is -0.144. The van der Waals surface area contributed by atoms with Gasteiger partial charge in [0, 0.05) is 19.5 Å². The Bertz CT molecular complexity index is 273. The van der Waals surface area contributed by atoms with Gasteiger partial charge in [0.1, 0.15) is 13.4 Å². The minimum Gasteiger partial charge on any atom is -0.379 e. The SMILES string of the molecule is CC(O)(N1CCC(CC(F)(F)F)C1)[Si](C)(C)C. The van der Waals surface area contributed by atoms with E-state index in [0.717, 1.165) is 0 Å². The van der Waals surface area contributed by atoms with Crippen molar-refractivity contribution >= 4 is 8.07 Å². The van der Waals surface area contributed by atoms with Crippen molar-refractivity contribution in [2.24, 2.45) is 5.92 Å². The zero-order valence-electron chi connectivity index (χ0n) is 10.9. The average molecular weight is 269 g/mol. The summed E-state index contributed by atoms with van der Waals surface area (Å²) in [7, 11) is -1.84. The number of alkyl halides is 3. The Hall–Kier alpha value is -0.0731. The van der Waals surface area contributed by atoms with Crippen LogP contribution in [0.5, 0.6) is 0 Å². The van der Waals surface area contributed by atoms with Crippen LogP contribution in [0.2, 0.25) is 19.6 Å². The second kappa shape index (κ2) is 4.55. The molecule has 102 valence electrons. The molecular weight excluding hydrogens is 247 g/mol. The molecule has 2 unspecified atom stereocenters. The molecular formula is C11H22F3NOSi. The van der Waals surface area contributed by atoms with Gasteiger partial charge in [0.25, 0.3) is 0 Å². The van der Waals surface area contributed by atoms with E-state index < -0.39 is 26.0 Å². The van der Waals surface area contributed by atoms with Gasteiger partial charge in [-0.25, -0.2) is 0 Å². The lowest BCUT2D eigenvalue weighted by Crippen LogP contribution is -2.61. The summed E-state index contributed by atoms with van der Waals surface area (Å²) in [5, 5.41) is 9.55. The Kier molecular flexibility index (Phi) is 4.01. The Morgan fingerprint density at radius 3 is 2.24 bits per heavy atom. The molecule has 0 radical (unpaired) electrons. The van der Waals surface area contributed by atoms with E-state index in [1.807, 2.05) is 24.5 Å². The van der Waals surface area contributed by atoms with E-state index in [1.54, 1.807) is 6.92 Å². The molecule has 1 fully saturated rings. The quantitative estimate of drug-likeness (QED) is 0.796. The Morgan fingerprint density at radius 1 is 1.29 bits per heavy atom. The summed E-state index contributed by atoms with van der Waals surface area (Å²) in [4.78, 5) is 1.83. The highest BCUT2D eigenvalue weighted by atomic mass is 28.3. The van der Waals surface area contributed by atoms with Crippen molar-refractivity contribution in [2.75, 3.05) is 13.1 Å². The van der Waals surface area contributed by atoms with E-state index in [2.05, 4.69) is 0 Å². The van der Waals surface area contributed by atoms with E-state index >= 15 is 0 Å². The van der Waals surface area contributed by atoms with Crippen LogP contribution < -0.4 is 0 Å². The lowest BCUT2D eigenvalue weighted by Gasteiger charge is -2.43. The lowest BCUT2D eigenvalue weighted by atomic mass is 10.1. The molecule has 0 amide bonds. The van der Waals surface area contributed by atoms with E-state index in [1.165, 1.54) is 0 Å². The van der Waals surface area contributed by atoms with Gasteiger partial charge >= 0.3 is 6.18 Å². The smallest absolute Gasteiger partial charge is 0.379 e. The predicted molar refractivity (Wildman–Crippen MR) is 64.3 cm³/mol. The van der Waals surface area contributed by atoms with Crippen LogP contribution in [0.25, 0.3) is 0 Å². The predicted octanol–water partition coefficient (Wildman–Crippen LogP) is 2.85. The van der Waals surface area contributed by atoms with Gasteiger partial charge in [-0.15, -0.1) is 0 Å². The first kappa shape index (κ1) is 15.0. The standard InChI is InChI=1S/C11H22F3NOSi/c1-10(16,17(2,3)4)15-6-5-9(8-15)7-11(12,13)14/h9,16H,5-8H2,1-4H3. The van der Waals surface area contributed by atoms with Crippen LogP contribution in [0.1, 0.15) is 19.8 Å². The van der Waals surface area contributed by atoms with Crippen LogP contribution in [-0.2, 0) is 0 Å². The van der Waals surface area contributed by atoms with Crippen LogP contribution in [0.3, 0.4) is 0 Å². The molecule has 0 bridgehead atoms. The topological polar surface area (TPSA) is 23.5 Å². The van der Waals surface area contributed by atoms with Gasteiger partial charge in [-0.2, -0.15) is 13.2 Å². The number of likely N-dealkylation sites (tertiary alicyclic amines) is 1. The molecule has 2 atom stereocenters. The third-order valence-electron chi connectivity index (χ3n) is 3.84. The average Bonchev–Trinajstić information content (AvgIpc) is 2.47. The molecule has 1 heterocycles. The molecule has 17 heavy (non-hydrogen) atoms. The maximum absolute atomic E-state index is 12.3. The third-order valence-corrected chi connectivity index (χ3v) is 7.00. The molecule has 0 aromatic carbocycles. The molecule has 0 saturated carbocycles. The zero-order chi connectivity index (χ0) is 13.5. The summed E-state index contributed by atoms with van der Waals surface area (Å²) in [5.41, 5.74) is 0. The fourth-order valence-electron chi connectivity index (χ4n) is 2.20. The highest BCUT2D eigenvalue weighted by Crippen LogP contribution is 2.35. The Labute approximate surface area is 102 Å². The molecule has 0 aromatic heterocycles. The summed E-state index contributed by atoms with van der Waals surface area (Å²) < 4.78 is 36.9. The number of rotatable bonds is 3. The summed E-state index contributed by atoms with van der Waals surface area (Å²) in [6.07, 6.45) is -4.29. The van der Waals surface area contributed by atoms with Gasteiger partial charge in [0.2, 0.25) is 0 Å². The number of halogens is 3. The molecule has 2 nitrogen and oxygen atoms in total. The molecule has 1 N–H and O–H groups in total. The summed E-state index contributed by atoms with van der Waals surface area (Å²) in [5.74, 6) is -0.363. The first-order valence-electron chi connectivity index (χ1n) is 5.97. The third kappa shape index (κ3) is 3.69. The number of hydrogen-bond acceptors (Lipinski definition) is 2. The molecule has 1 rings (SSSR count). The molecule has 0 aliphatic carbocycles. The first-order valence-corrected chi connectivity index (χ1v) is 9.47. The monoisotopic (exact) mass is 269 g/mol. The molecule has 6 heteroatoms. The summed E-state index contributed by atoms with van der Waals surface area (Å²) in [6, 6.07) is 0. The number of nitrogens with zero attached hydrogens (tertiary/aromatic N) is 1. The normalized spacial score (nSPS) is 27.2. The second-order valence-corrected chi connectivity index (χ2v) is 11.6. The second-order valence-electron chi connectivity index (χ2n) is 6.19. The fraction of sp³-hybridized carbons (Fsp3) is 1.00.